The molecule has 2 aliphatic rings. The zero-order chi connectivity index (χ0) is 20.2. The third kappa shape index (κ3) is 3.42. The molecule has 4 rings (SSSR count). The fourth-order valence-corrected chi connectivity index (χ4v) is 5.74. The highest BCUT2D eigenvalue weighted by molar-refractivity contribution is 7.89. The quantitative estimate of drug-likeness (QED) is 0.789. The van der Waals surface area contributed by atoms with Crippen molar-refractivity contribution in [3.63, 3.8) is 0 Å². The molecule has 1 fully saturated rings. The number of rotatable bonds is 2. The third-order valence-electron chi connectivity index (χ3n) is 5.42. The van der Waals surface area contributed by atoms with Crippen LogP contribution in [0.2, 0.25) is 0 Å². The number of benzene rings is 1. The van der Waals surface area contributed by atoms with Crippen LogP contribution in [0.4, 0.5) is 18.9 Å². The van der Waals surface area contributed by atoms with Crippen LogP contribution >= 0.6 is 11.3 Å². The van der Waals surface area contributed by atoms with E-state index in [-0.39, 0.29) is 5.69 Å². The lowest BCUT2D eigenvalue weighted by Crippen LogP contribution is -2.46. The van der Waals surface area contributed by atoms with Crippen LogP contribution in [-0.2, 0) is 33.0 Å². The molecule has 10 heteroatoms. The molecule has 1 spiro atoms. The Hall–Kier alpha value is -1.62. The van der Waals surface area contributed by atoms with Crippen LogP contribution in [0.15, 0.2) is 34.5 Å². The van der Waals surface area contributed by atoms with Crippen molar-refractivity contribution in [3.8, 4) is 0 Å². The van der Waals surface area contributed by atoms with E-state index in [0.717, 1.165) is 12.5 Å². The van der Waals surface area contributed by atoms with Crippen LogP contribution in [0.25, 0.3) is 0 Å². The van der Waals surface area contributed by atoms with E-state index in [0.29, 0.717) is 38.6 Å². The molecule has 2 N–H and O–H groups in total. The molecule has 2 aromatic rings. The standard InChI is InChI=1S/C18H19F3N2O3S2/c19-18(20,21)14-11-13(28(22,24)25)1-2-15(14)23-7-5-17(6-8-23)16-12(3-9-26-17)4-10-27-16/h1-2,4,10-11H,3,5-9H2,(H2,22,24,25). The Kier molecular flexibility index (Phi) is 4.72. The number of thiophene rings is 1. The highest BCUT2D eigenvalue weighted by atomic mass is 32.2. The second-order valence-corrected chi connectivity index (χ2v) is 9.55. The summed E-state index contributed by atoms with van der Waals surface area (Å²) in [6.07, 6.45) is -2.67. The minimum absolute atomic E-state index is 0.0306. The van der Waals surface area contributed by atoms with Gasteiger partial charge in [-0.25, -0.2) is 13.6 Å². The zero-order valence-electron chi connectivity index (χ0n) is 14.8. The van der Waals surface area contributed by atoms with Gasteiger partial charge >= 0.3 is 6.18 Å². The second-order valence-electron chi connectivity index (χ2n) is 7.08. The average molecular weight is 432 g/mol. The van der Waals surface area contributed by atoms with Crippen molar-refractivity contribution in [2.75, 3.05) is 24.6 Å². The lowest BCUT2D eigenvalue weighted by atomic mass is 9.85. The SMILES string of the molecule is NS(=O)(=O)c1ccc(N2CCC3(CC2)OCCc2ccsc23)c(C(F)(F)F)c1. The van der Waals surface area contributed by atoms with Gasteiger partial charge in [0.2, 0.25) is 10.0 Å². The van der Waals surface area contributed by atoms with Crippen molar-refractivity contribution in [1.82, 2.24) is 0 Å². The number of hydrogen-bond donors (Lipinski definition) is 1. The second kappa shape index (κ2) is 6.72. The number of nitrogens with two attached hydrogens (primary N) is 1. The van der Waals surface area contributed by atoms with Gasteiger partial charge in [-0.15, -0.1) is 11.3 Å². The number of fused-ring (bicyclic) bond motifs is 2. The van der Waals surface area contributed by atoms with Crippen molar-refractivity contribution in [2.24, 2.45) is 5.14 Å². The van der Waals surface area contributed by atoms with Gasteiger partial charge in [-0.1, -0.05) is 0 Å². The monoisotopic (exact) mass is 432 g/mol. The van der Waals surface area contributed by atoms with Crippen molar-refractivity contribution < 1.29 is 26.3 Å². The molecule has 1 aromatic heterocycles. The topological polar surface area (TPSA) is 72.6 Å². The molecule has 1 aromatic carbocycles. The normalized spacial score (nSPS) is 19.6. The summed E-state index contributed by atoms with van der Waals surface area (Å²) < 4.78 is 69.8. The van der Waals surface area contributed by atoms with Gasteiger partial charge in [0.1, 0.15) is 5.60 Å². The van der Waals surface area contributed by atoms with Crippen molar-refractivity contribution in [3.05, 3.63) is 45.6 Å². The first kappa shape index (κ1) is 19.7. The minimum Gasteiger partial charge on any atom is -0.371 e. The Bertz CT molecular complexity index is 994. The number of piperidine rings is 1. The van der Waals surface area contributed by atoms with E-state index in [1.54, 1.807) is 16.2 Å². The van der Waals surface area contributed by atoms with E-state index in [2.05, 4.69) is 6.07 Å². The minimum atomic E-state index is -4.69. The van der Waals surface area contributed by atoms with E-state index in [1.165, 1.54) is 16.5 Å². The molecule has 0 radical (unpaired) electrons. The highest BCUT2D eigenvalue weighted by Crippen LogP contribution is 2.46. The first-order chi connectivity index (χ1) is 13.1. The molecular weight excluding hydrogens is 413 g/mol. The van der Waals surface area contributed by atoms with Gasteiger partial charge in [0.05, 0.1) is 17.1 Å². The fourth-order valence-electron chi connectivity index (χ4n) is 4.03. The van der Waals surface area contributed by atoms with E-state index in [4.69, 9.17) is 9.88 Å². The van der Waals surface area contributed by atoms with Gasteiger partial charge in [0.15, 0.2) is 0 Å². The maximum atomic E-state index is 13.6. The predicted octanol–water partition coefficient (Wildman–Crippen LogP) is 3.48. The van der Waals surface area contributed by atoms with Crippen LogP contribution < -0.4 is 10.0 Å². The molecule has 0 bridgehead atoms. The number of anilines is 1. The largest absolute Gasteiger partial charge is 0.418 e. The summed E-state index contributed by atoms with van der Waals surface area (Å²) in [5.74, 6) is 0. The molecule has 0 saturated carbocycles. The molecule has 0 unspecified atom stereocenters. The number of halogens is 3. The Morgan fingerprint density at radius 3 is 2.54 bits per heavy atom. The van der Waals surface area contributed by atoms with Gasteiger partial charge < -0.3 is 9.64 Å². The van der Waals surface area contributed by atoms with Crippen LogP contribution in [-0.4, -0.2) is 28.1 Å². The van der Waals surface area contributed by atoms with Gasteiger partial charge in [-0.2, -0.15) is 13.2 Å². The first-order valence-corrected chi connectivity index (χ1v) is 11.2. The molecule has 0 atom stereocenters. The number of sulfonamides is 1. The summed E-state index contributed by atoms with van der Waals surface area (Å²) >= 11 is 1.64. The van der Waals surface area contributed by atoms with Gasteiger partial charge in [-0.05, 0) is 54.5 Å². The van der Waals surface area contributed by atoms with E-state index in [1.807, 2.05) is 5.38 Å². The average Bonchev–Trinajstić information content (AvgIpc) is 3.11. The summed E-state index contributed by atoms with van der Waals surface area (Å²) in [7, 11) is -4.22. The highest BCUT2D eigenvalue weighted by Gasteiger charge is 2.43. The van der Waals surface area contributed by atoms with E-state index < -0.39 is 32.3 Å². The van der Waals surface area contributed by atoms with Gasteiger partial charge in [0.25, 0.3) is 0 Å². The van der Waals surface area contributed by atoms with Crippen molar-refractivity contribution in [2.45, 2.75) is 35.9 Å². The summed E-state index contributed by atoms with van der Waals surface area (Å²) in [6.45, 7) is 1.38. The van der Waals surface area contributed by atoms with Gasteiger partial charge in [-0.3, -0.25) is 0 Å². The Balaban J connectivity index is 1.64. The molecule has 0 amide bonds. The van der Waals surface area contributed by atoms with Crippen LogP contribution in [0.5, 0.6) is 0 Å². The molecule has 2 aliphatic heterocycles. The number of primary sulfonamides is 1. The van der Waals surface area contributed by atoms with Crippen LogP contribution in [0, 0.1) is 0 Å². The summed E-state index contributed by atoms with van der Waals surface area (Å²) in [4.78, 5) is 2.28. The maximum Gasteiger partial charge on any atom is 0.418 e. The molecule has 3 heterocycles. The zero-order valence-corrected chi connectivity index (χ0v) is 16.5. The first-order valence-electron chi connectivity index (χ1n) is 8.80. The number of alkyl halides is 3. The molecule has 0 aliphatic carbocycles. The molecule has 1 saturated heterocycles. The van der Waals surface area contributed by atoms with Crippen molar-refractivity contribution >= 4 is 27.0 Å². The lowest BCUT2D eigenvalue weighted by molar-refractivity contribution is -0.137. The summed E-state index contributed by atoms with van der Waals surface area (Å²) in [6, 6.07) is 5.02. The smallest absolute Gasteiger partial charge is 0.371 e. The predicted molar refractivity (Wildman–Crippen MR) is 99.9 cm³/mol. The lowest BCUT2D eigenvalue weighted by Gasteiger charge is -2.44. The van der Waals surface area contributed by atoms with E-state index >= 15 is 0 Å². The van der Waals surface area contributed by atoms with E-state index in [9.17, 15) is 21.6 Å². The number of nitrogens with zero attached hydrogens (tertiary/aromatic N) is 1. The molecular formula is C18H19F3N2O3S2. The Morgan fingerprint density at radius 1 is 1.18 bits per heavy atom. The summed E-state index contributed by atoms with van der Waals surface area (Å²) in [5, 5.41) is 7.03. The van der Waals surface area contributed by atoms with Crippen LogP contribution in [0.1, 0.15) is 28.8 Å². The molecule has 28 heavy (non-hydrogen) atoms. The maximum absolute atomic E-state index is 13.6. The third-order valence-corrected chi connectivity index (χ3v) is 7.48. The molecule has 152 valence electrons. The fraction of sp³-hybridized carbons (Fsp3) is 0.444. The number of hydrogen-bond acceptors (Lipinski definition) is 5. The van der Waals surface area contributed by atoms with Crippen LogP contribution in [0.3, 0.4) is 0 Å². The Morgan fingerprint density at radius 2 is 1.89 bits per heavy atom. The number of ether oxygens (including phenoxy) is 1. The molecule has 5 nitrogen and oxygen atoms in total. The van der Waals surface area contributed by atoms with Gasteiger partial charge in [0, 0.05) is 23.7 Å². The van der Waals surface area contributed by atoms with Crippen molar-refractivity contribution in [1.29, 1.82) is 0 Å². The summed E-state index contributed by atoms with van der Waals surface area (Å²) in [5.41, 5.74) is -0.191. The Labute approximate surface area is 165 Å².